The van der Waals surface area contributed by atoms with Gasteiger partial charge in [0.15, 0.2) is 0 Å². The number of rotatable bonds is 5. The van der Waals surface area contributed by atoms with Gasteiger partial charge in [-0.2, -0.15) is 0 Å². The first kappa shape index (κ1) is 17.1. The summed E-state index contributed by atoms with van der Waals surface area (Å²) in [5, 5.41) is 6.72. The minimum atomic E-state index is 0.0222. The summed E-state index contributed by atoms with van der Waals surface area (Å²) in [7, 11) is 0. The van der Waals surface area contributed by atoms with Crippen molar-refractivity contribution in [3.05, 3.63) is 66.2 Å². The van der Waals surface area contributed by atoms with Gasteiger partial charge in [-0.1, -0.05) is 48.5 Å². The van der Waals surface area contributed by atoms with Crippen LogP contribution in [-0.2, 0) is 0 Å². The van der Waals surface area contributed by atoms with Crippen LogP contribution in [0.1, 0.15) is 30.7 Å². The van der Waals surface area contributed by atoms with Crippen LogP contribution in [0.2, 0.25) is 0 Å². The lowest BCUT2D eigenvalue weighted by atomic mass is 9.97. The normalized spacial score (nSPS) is 22.8. The average Bonchev–Trinajstić information content (AvgIpc) is 3.48. The SMILES string of the molecule is O=C(Nc1ccccc1)N1CCC(CN[C@@H]2C[C@H]2c2ccccc2)CC1. The van der Waals surface area contributed by atoms with E-state index in [0.717, 1.165) is 38.2 Å². The van der Waals surface area contributed by atoms with Crippen molar-refractivity contribution < 1.29 is 4.79 Å². The summed E-state index contributed by atoms with van der Waals surface area (Å²) in [6, 6.07) is 21.1. The standard InChI is InChI=1S/C22H27N3O/c26-22(24-19-9-5-2-6-10-19)25-13-11-17(12-14-25)16-23-21-15-20(21)18-7-3-1-4-8-18/h1-10,17,20-21,23H,11-16H2,(H,24,26)/t20-,21+/m0/s1. The molecule has 1 aliphatic carbocycles. The second-order valence-electron chi connectivity index (χ2n) is 7.49. The van der Waals surface area contributed by atoms with E-state index in [1.807, 2.05) is 35.2 Å². The molecule has 4 rings (SSSR count). The number of amides is 2. The molecule has 2 amide bonds. The van der Waals surface area contributed by atoms with Gasteiger partial charge in [-0.15, -0.1) is 0 Å². The van der Waals surface area contributed by atoms with E-state index in [0.29, 0.717) is 17.9 Å². The van der Waals surface area contributed by atoms with E-state index in [1.165, 1.54) is 12.0 Å². The first-order valence-corrected chi connectivity index (χ1v) is 9.69. The maximum absolute atomic E-state index is 12.3. The number of likely N-dealkylation sites (tertiary alicyclic amines) is 1. The highest BCUT2D eigenvalue weighted by Gasteiger charge is 2.38. The van der Waals surface area contributed by atoms with Crippen molar-refractivity contribution in [2.45, 2.75) is 31.2 Å². The Kier molecular flexibility index (Phi) is 5.21. The second kappa shape index (κ2) is 7.92. The van der Waals surface area contributed by atoms with Crippen molar-refractivity contribution >= 4 is 11.7 Å². The molecule has 2 aliphatic rings. The predicted octanol–water partition coefficient (Wildman–Crippen LogP) is 4.08. The summed E-state index contributed by atoms with van der Waals surface area (Å²) in [6.07, 6.45) is 3.41. The van der Waals surface area contributed by atoms with Crippen LogP contribution in [-0.4, -0.2) is 36.6 Å². The molecular weight excluding hydrogens is 322 g/mol. The van der Waals surface area contributed by atoms with Crippen LogP contribution in [0.5, 0.6) is 0 Å². The largest absolute Gasteiger partial charge is 0.325 e. The first-order valence-electron chi connectivity index (χ1n) is 9.69. The van der Waals surface area contributed by atoms with E-state index >= 15 is 0 Å². The molecule has 0 bridgehead atoms. The zero-order valence-electron chi connectivity index (χ0n) is 15.1. The molecule has 4 heteroatoms. The number of carbonyl (C=O) groups is 1. The maximum Gasteiger partial charge on any atom is 0.321 e. The summed E-state index contributed by atoms with van der Waals surface area (Å²) in [5.74, 6) is 1.36. The maximum atomic E-state index is 12.3. The minimum absolute atomic E-state index is 0.0222. The van der Waals surface area contributed by atoms with Crippen LogP contribution < -0.4 is 10.6 Å². The molecule has 4 nitrogen and oxygen atoms in total. The van der Waals surface area contributed by atoms with Gasteiger partial charge in [0.05, 0.1) is 0 Å². The molecule has 2 fully saturated rings. The van der Waals surface area contributed by atoms with Gasteiger partial charge in [0.25, 0.3) is 0 Å². The van der Waals surface area contributed by atoms with Crippen molar-refractivity contribution in [2.75, 3.05) is 25.0 Å². The molecule has 1 saturated heterocycles. The summed E-state index contributed by atoms with van der Waals surface area (Å²) in [5.41, 5.74) is 2.32. The average molecular weight is 349 g/mol. The molecule has 0 spiro atoms. The number of hydrogen-bond donors (Lipinski definition) is 2. The van der Waals surface area contributed by atoms with Gasteiger partial charge in [0, 0.05) is 30.7 Å². The number of nitrogens with one attached hydrogen (secondary N) is 2. The molecular formula is C22H27N3O. The van der Waals surface area contributed by atoms with Crippen LogP contribution in [0.15, 0.2) is 60.7 Å². The van der Waals surface area contributed by atoms with Crippen LogP contribution in [0.4, 0.5) is 10.5 Å². The number of para-hydroxylation sites is 1. The third-order valence-corrected chi connectivity index (χ3v) is 5.61. The quantitative estimate of drug-likeness (QED) is 0.854. The van der Waals surface area contributed by atoms with Crippen molar-refractivity contribution in [1.82, 2.24) is 10.2 Å². The molecule has 0 unspecified atom stereocenters. The number of carbonyl (C=O) groups excluding carboxylic acids is 1. The number of hydrogen-bond acceptors (Lipinski definition) is 2. The molecule has 1 aliphatic heterocycles. The Morgan fingerprint density at radius 3 is 2.31 bits per heavy atom. The van der Waals surface area contributed by atoms with Gasteiger partial charge in [-0.05, 0) is 49.4 Å². The van der Waals surface area contributed by atoms with Crippen LogP contribution in [0, 0.1) is 5.92 Å². The molecule has 0 radical (unpaired) electrons. The summed E-state index contributed by atoms with van der Waals surface area (Å²) < 4.78 is 0. The molecule has 2 aromatic rings. The monoisotopic (exact) mass is 349 g/mol. The summed E-state index contributed by atoms with van der Waals surface area (Å²) in [4.78, 5) is 14.3. The highest BCUT2D eigenvalue weighted by molar-refractivity contribution is 5.89. The van der Waals surface area contributed by atoms with Gasteiger partial charge in [-0.3, -0.25) is 0 Å². The van der Waals surface area contributed by atoms with E-state index in [2.05, 4.69) is 41.0 Å². The Bertz CT molecular complexity index is 711. The molecule has 26 heavy (non-hydrogen) atoms. The zero-order valence-corrected chi connectivity index (χ0v) is 15.1. The first-order chi connectivity index (χ1) is 12.8. The van der Waals surface area contributed by atoms with E-state index in [4.69, 9.17) is 0 Å². The Balaban J connectivity index is 1.17. The Labute approximate surface area is 155 Å². The van der Waals surface area contributed by atoms with E-state index in [-0.39, 0.29) is 6.03 Å². The Morgan fingerprint density at radius 1 is 0.962 bits per heavy atom. The van der Waals surface area contributed by atoms with Gasteiger partial charge < -0.3 is 15.5 Å². The molecule has 1 heterocycles. The number of piperidine rings is 1. The van der Waals surface area contributed by atoms with E-state index in [1.54, 1.807) is 0 Å². The second-order valence-corrected chi connectivity index (χ2v) is 7.49. The third kappa shape index (κ3) is 4.25. The lowest BCUT2D eigenvalue weighted by Crippen LogP contribution is -2.43. The number of anilines is 1. The Morgan fingerprint density at radius 2 is 1.62 bits per heavy atom. The van der Waals surface area contributed by atoms with Gasteiger partial charge in [-0.25, -0.2) is 4.79 Å². The number of benzene rings is 2. The third-order valence-electron chi connectivity index (χ3n) is 5.61. The zero-order chi connectivity index (χ0) is 17.8. The fraction of sp³-hybridized carbons (Fsp3) is 0.409. The highest BCUT2D eigenvalue weighted by atomic mass is 16.2. The van der Waals surface area contributed by atoms with Crippen LogP contribution in [0.3, 0.4) is 0 Å². The molecule has 1 saturated carbocycles. The molecule has 2 atom stereocenters. The van der Waals surface area contributed by atoms with Crippen molar-refractivity contribution in [3.8, 4) is 0 Å². The van der Waals surface area contributed by atoms with E-state index < -0.39 is 0 Å². The predicted molar refractivity (Wildman–Crippen MR) is 105 cm³/mol. The lowest BCUT2D eigenvalue weighted by Gasteiger charge is -2.32. The molecule has 136 valence electrons. The van der Waals surface area contributed by atoms with Crippen molar-refractivity contribution in [1.29, 1.82) is 0 Å². The molecule has 2 N–H and O–H groups in total. The van der Waals surface area contributed by atoms with E-state index in [9.17, 15) is 4.79 Å². The van der Waals surface area contributed by atoms with Crippen molar-refractivity contribution in [3.63, 3.8) is 0 Å². The number of urea groups is 1. The van der Waals surface area contributed by atoms with Gasteiger partial charge in [0.1, 0.15) is 0 Å². The topological polar surface area (TPSA) is 44.4 Å². The molecule has 0 aromatic heterocycles. The minimum Gasteiger partial charge on any atom is -0.325 e. The lowest BCUT2D eigenvalue weighted by molar-refractivity contribution is 0.181. The van der Waals surface area contributed by atoms with Crippen LogP contribution in [0.25, 0.3) is 0 Å². The Hall–Kier alpha value is -2.33. The fourth-order valence-electron chi connectivity index (χ4n) is 3.87. The molecule has 2 aromatic carbocycles. The highest BCUT2D eigenvalue weighted by Crippen LogP contribution is 2.40. The smallest absolute Gasteiger partial charge is 0.321 e. The summed E-state index contributed by atoms with van der Waals surface area (Å²) >= 11 is 0. The van der Waals surface area contributed by atoms with Gasteiger partial charge >= 0.3 is 6.03 Å². The van der Waals surface area contributed by atoms with Gasteiger partial charge in [0.2, 0.25) is 0 Å². The summed E-state index contributed by atoms with van der Waals surface area (Å²) in [6.45, 7) is 2.76. The van der Waals surface area contributed by atoms with Crippen molar-refractivity contribution in [2.24, 2.45) is 5.92 Å². The number of nitrogens with zero attached hydrogens (tertiary/aromatic N) is 1. The fourth-order valence-corrected chi connectivity index (χ4v) is 3.87. The van der Waals surface area contributed by atoms with Crippen LogP contribution >= 0.6 is 0 Å².